The summed E-state index contributed by atoms with van der Waals surface area (Å²) in [6.45, 7) is 0.227. The maximum atomic E-state index is 13.8. The zero-order valence-electron chi connectivity index (χ0n) is 14.3. The van der Waals surface area contributed by atoms with E-state index >= 15 is 0 Å². The lowest BCUT2D eigenvalue weighted by atomic mass is 10.1. The van der Waals surface area contributed by atoms with Crippen molar-refractivity contribution < 1.29 is 14.1 Å². The topological polar surface area (TPSA) is 83.8 Å². The number of H-pyrrole nitrogens is 1. The third-order valence-corrected chi connectivity index (χ3v) is 4.43. The normalized spacial score (nSPS) is 13.7. The molecular formula is C19H15FN4O3. The Hall–Kier alpha value is -3.68. The molecule has 4 rings (SSSR count). The molecule has 0 bridgehead atoms. The van der Waals surface area contributed by atoms with E-state index < -0.39 is 16.4 Å². The Balaban J connectivity index is 1.67. The van der Waals surface area contributed by atoms with Crippen molar-refractivity contribution in [3.05, 3.63) is 76.4 Å². The van der Waals surface area contributed by atoms with Crippen molar-refractivity contribution in [3.63, 3.8) is 0 Å². The molecule has 7 nitrogen and oxygen atoms in total. The Morgan fingerprint density at radius 3 is 2.85 bits per heavy atom. The number of halogens is 1. The van der Waals surface area contributed by atoms with Crippen molar-refractivity contribution in [2.75, 3.05) is 18.7 Å². The number of fused-ring (bicyclic) bond motifs is 1. The van der Waals surface area contributed by atoms with E-state index in [2.05, 4.69) is 9.98 Å². The Morgan fingerprint density at radius 1 is 1.33 bits per heavy atom. The number of nitrogens with one attached hydrogen (secondary N) is 1. The molecule has 27 heavy (non-hydrogen) atoms. The highest BCUT2D eigenvalue weighted by Crippen LogP contribution is 2.35. The summed E-state index contributed by atoms with van der Waals surface area (Å²) in [5.74, 6) is -0.738. The number of benzene rings is 2. The summed E-state index contributed by atoms with van der Waals surface area (Å²) in [7, 11) is 1.39. The van der Waals surface area contributed by atoms with Crippen molar-refractivity contribution >= 4 is 28.0 Å². The maximum Gasteiger partial charge on any atom is 0.307 e. The molecule has 0 saturated carbocycles. The molecule has 0 amide bonds. The predicted molar refractivity (Wildman–Crippen MR) is 101 cm³/mol. The predicted octanol–water partition coefficient (Wildman–Crippen LogP) is 4.00. The highest BCUT2D eigenvalue weighted by molar-refractivity contribution is 6.16. The van der Waals surface area contributed by atoms with Gasteiger partial charge in [-0.05, 0) is 12.1 Å². The number of nitro benzene ring substituents is 1. The molecule has 2 aromatic carbocycles. The van der Waals surface area contributed by atoms with Crippen LogP contribution in [0.4, 0.5) is 15.8 Å². The number of aromatic nitrogens is 1. The minimum absolute atomic E-state index is 0.202. The van der Waals surface area contributed by atoms with Crippen molar-refractivity contribution in [2.24, 2.45) is 4.99 Å². The zero-order valence-corrected chi connectivity index (χ0v) is 14.3. The lowest BCUT2D eigenvalue weighted by Gasteiger charge is -2.23. The average Bonchev–Trinajstić information content (AvgIpc) is 3.12. The summed E-state index contributed by atoms with van der Waals surface area (Å²) < 4.78 is 19.0. The lowest BCUT2D eigenvalue weighted by Crippen LogP contribution is -2.22. The van der Waals surface area contributed by atoms with Gasteiger partial charge in [0.05, 0.1) is 23.4 Å². The van der Waals surface area contributed by atoms with Gasteiger partial charge in [-0.15, -0.1) is 0 Å². The summed E-state index contributed by atoms with van der Waals surface area (Å²) in [5, 5.41) is 12.1. The molecule has 2 heterocycles. The molecule has 0 radical (unpaired) electrons. The number of aromatic amines is 1. The van der Waals surface area contributed by atoms with Crippen LogP contribution in [0.5, 0.6) is 5.75 Å². The van der Waals surface area contributed by atoms with Crippen LogP contribution in [-0.2, 0) is 0 Å². The average molecular weight is 366 g/mol. The zero-order chi connectivity index (χ0) is 19.0. The second-order valence-electron chi connectivity index (χ2n) is 5.95. The van der Waals surface area contributed by atoms with E-state index in [0.29, 0.717) is 5.69 Å². The van der Waals surface area contributed by atoms with Crippen LogP contribution in [0.2, 0.25) is 0 Å². The second-order valence-corrected chi connectivity index (χ2v) is 5.95. The van der Waals surface area contributed by atoms with E-state index in [1.54, 1.807) is 11.1 Å². The number of rotatable bonds is 4. The molecule has 0 saturated heterocycles. The molecule has 0 atom stereocenters. The first-order chi connectivity index (χ1) is 13.1. The van der Waals surface area contributed by atoms with Gasteiger partial charge in [-0.1, -0.05) is 18.2 Å². The molecule has 1 aromatic heterocycles. The first kappa shape index (κ1) is 16.8. The smallest absolute Gasteiger partial charge is 0.307 e. The molecule has 1 aliphatic heterocycles. The Labute approximate surface area is 153 Å². The molecule has 3 aromatic rings. The number of ether oxygens (including phenoxy) is 1. The maximum absolute atomic E-state index is 13.8. The van der Waals surface area contributed by atoms with E-state index in [9.17, 15) is 14.5 Å². The highest BCUT2D eigenvalue weighted by Gasteiger charge is 2.23. The Bertz CT molecular complexity index is 1100. The van der Waals surface area contributed by atoms with Crippen LogP contribution in [0.15, 0.2) is 59.9 Å². The van der Waals surface area contributed by atoms with Crippen LogP contribution >= 0.6 is 0 Å². The van der Waals surface area contributed by atoms with Crippen LogP contribution in [0.3, 0.4) is 0 Å². The van der Waals surface area contributed by atoms with Crippen LogP contribution in [0.25, 0.3) is 10.9 Å². The molecule has 0 unspecified atom stereocenters. The van der Waals surface area contributed by atoms with Gasteiger partial charge in [0.25, 0.3) is 0 Å². The number of para-hydroxylation sites is 1. The highest BCUT2D eigenvalue weighted by atomic mass is 19.1. The standard InChI is InChI=1S/C19H15FN4O3/c1-27-19-8-14(20)17(24(25)26)9-18(19)23-7-6-16(22-11-23)13-10-21-15-5-3-2-4-12(13)15/h2-10,21H,11H2,1H3. The summed E-state index contributed by atoms with van der Waals surface area (Å²) in [6.07, 6.45) is 5.46. The summed E-state index contributed by atoms with van der Waals surface area (Å²) in [5.41, 5.74) is 2.55. The second kappa shape index (κ2) is 6.56. The van der Waals surface area contributed by atoms with Gasteiger partial charge in [0, 0.05) is 41.0 Å². The SMILES string of the molecule is COc1cc(F)c([N+](=O)[O-])cc1N1C=CC(c2c[nH]c3ccccc23)=NC1. The van der Waals surface area contributed by atoms with Crippen LogP contribution in [0, 0.1) is 15.9 Å². The number of nitro groups is 1. The van der Waals surface area contributed by atoms with Gasteiger partial charge < -0.3 is 14.6 Å². The first-order valence-electron chi connectivity index (χ1n) is 8.16. The van der Waals surface area contributed by atoms with Gasteiger partial charge in [-0.25, -0.2) is 0 Å². The van der Waals surface area contributed by atoms with Gasteiger partial charge in [0.2, 0.25) is 5.82 Å². The molecule has 0 spiro atoms. The van der Waals surface area contributed by atoms with Crippen molar-refractivity contribution in [3.8, 4) is 5.75 Å². The largest absolute Gasteiger partial charge is 0.494 e. The Kier molecular flexibility index (Phi) is 4.08. The number of allylic oxidation sites excluding steroid dienone is 1. The van der Waals surface area contributed by atoms with Gasteiger partial charge in [0.1, 0.15) is 12.4 Å². The van der Waals surface area contributed by atoms with E-state index in [0.717, 1.165) is 34.3 Å². The van der Waals surface area contributed by atoms with Crippen LogP contribution in [-0.4, -0.2) is 29.4 Å². The molecule has 0 aliphatic carbocycles. The summed E-state index contributed by atoms with van der Waals surface area (Å²) >= 11 is 0. The molecule has 1 aliphatic rings. The minimum atomic E-state index is -0.940. The van der Waals surface area contributed by atoms with E-state index in [1.165, 1.54) is 7.11 Å². The number of nitrogens with zero attached hydrogens (tertiary/aromatic N) is 3. The summed E-state index contributed by atoms with van der Waals surface area (Å²) in [4.78, 5) is 19.7. The fourth-order valence-electron chi connectivity index (χ4n) is 3.09. The van der Waals surface area contributed by atoms with E-state index in [4.69, 9.17) is 4.74 Å². The third kappa shape index (κ3) is 2.91. The van der Waals surface area contributed by atoms with Crippen LogP contribution in [0.1, 0.15) is 5.56 Å². The Morgan fingerprint density at radius 2 is 2.15 bits per heavy atom. The van der Waals surface area contributed by atoms with Gasteiger partial charge in [0.15, 0.2) is 0 Å². The third-order valence-electron chi connectivity index (χ3n) is 4.43. The van der Waals surface area contributed by atoms with E-state index in [-0.39, 0.29) is 12.4 Å². The number of methoxy groups -OCH3 is 1. The fraction of sp³-hybridized carbons (Fsp3) is 0.105. The van der Waals surface area contributed by atoms with Crippen molar-refractivity contribution in [1.82, 2.24) is 4.98 Å². The van der Waals surface area contributed by atoms with Gasteiger partial charge >= 0.3 is 5.69 Å². The van der Waals surface area contributed by atoms with Gasteiger partial charge in [-0.2, -0.15) is 4.39 Å². The molecule has 8 heteroatoms. The molecule has 136 valence electrons. The molecular weight excluding hydrogens is 351 g/mol. The lowest BCUT2D eigenvalue weighted by molar-refractivity contribution is -0.387. The fourth-order valence-corrected chi connectivity index (χ4v) is 3.09. The van der Waals surface area contributed by atoms with Crippen LogP contribution < -0.4 is 9.64 Å². The quantitative estimate of drug-likeness (QED) is 0.559. The van der Waals surface area contributed by atoms with Crippen molar-refractivity contribution in [1.29, 1.82) is 0 Å². The number of aliphatic imine (C=N–C) groups is 1. The molecule has 0 fully saturated rings. The van der Waals surface area contributed by atoms with Crippen molar-refractivity contribution in [2.45, 2.75) is 0 Å². The number of hydrogen-bond acceptors (Lipinski definition) is 5. The van der Waals surface area contributed by atoms with Gasteiger partial charge in [-0.3, -0.25) is 15.1 Å². The first-order valence-corrected chi connectivity index (χ1v) is 8.16. The number of hydrogen-bond donors (Lipinski definition) is 1. The summed E-state index contributed by atoms with van der Waals surface area (Å²) in [6, 6.07) is 10.1. The monoisotopic (exact) mass is 366 g/mol. The number of anilines is 1. The molecule has 1 N–H and O–H groups in total. The van der Waals surface area contributed by atoms with E-state index in [1.807, 2.05) is 36.5 Å². The minimum Gasteiger partial charge on any atom is -0.494 e.